The Hall–Kier alpha value is -2.69. The van der Waals surface area contributed by atoms with Crippen LogP contribution in [0.3, 0.4) is 0 Å². The third-order valence-electron chi connectivity index (χ3n) is 6.61. The van der Waals surface area contributed by atoms with Gasteiger partial charge in [-0.25, -0.2) is 29.9 Å². The molecule has 0 amide bonds. The van der Waals surface area contributed by atoms with Crippen LogP contribution in [-0.2, 0) is 20.0 Å². The van der Waals surface area contributed by atoms with Crippen molar-refractivity contribution >= 4 is 65.4 Å². The van der Waals surface area contributed by atoms with Crippen LogP contribution in [0, 0.1) is 15.2 Å². The molecular formula is C25H24F2IN3O6S2. The van der Waals surface area contributed by atoms with Crippen molar-refractivity contribution in [2.24, 2.45) is 0 Å². The molecule has 5 rings (SSSR count). The number of sulfonamides is 2. The summed E-state index contributed by atoms with van der Waals surface area (Å²) in [5, 5.41) is 13.7. The average molecular weight is 692 g/mol. The van der Waals surface area contributed by atoms with Crippen LogP contribution in [0.4, 0.5) is 31.5 Å². The Kier molecular flexibility index (Phi) is 7.18. The largest absolute Gasteiger partial charge is 0.455 e. The van der Waals surface area contributed by atoms with E-state index in [9.17, 15) is 30.7 Å². The molecule has 3 aromatic carbocycles. The van der Waals surface area contributed by atoms with Gasteiger partial charge in [0.1, 0.15) is 29.3 Å². The Morgan fingerprint density at radius 2 is 1.87 bits per heavy atom. The van der Waals surface area contributed by atoms with Crippen molar-refractivity contribution in [1.82, 2.24) is 0 Å². The van der Waals surface area contributed by atoms with Crippen LogP contribution in [0.25, 0.3) is 0 Å². The minimum Gasteiger partial charge on any atom is -0.455 e. The van der Waals surface area contributed by atoms with Crippen LogP contribution in [0.15, 0.2) is 54.6 Å². The minimum atomic E-state index is -4.10. The van der Waals surface area contributed by atoms with Crippen LogP contribution in [-0.4, -0.2) is 38.7 Å². The molecule has 39 heavy (non-hydrogen) atoms. The molecule has 1 atom stereocenters. The van der Waals surface area contributed by atoms with Crippen LogP contribution in [0.2, 0.25) is 0 Å². The first-order chi connectivity index (χ1) is 18.3. The number of aliphatic hydroxyl groups excluding tert-OH is 1. The maximum Gasteiger partial charge on any atom is 0.243 e. The Balaban J connectivity index is 1.63. The smallest absolute Gasteiger partial charge is 0.243 e. The molecule has 2 fully saturated rings. The fourth-order valence-electron chi connectivity index (χ4n) is 4.47. The van der Waals surface area contributed by atoms with Crippen molar-refractivity contribution in [3.63, 3.8) is 0 Å². The molecule has 208 valence electrons. The van der Waals surface area contributed by atoms with Gasteiger partial charge < -0.3 is 15.2 Å². The molecule has 3 N–H and O–H groups in total. The van der Waals surface area contributed by atoms with Gasteiger partial charge in [-0.05, 0) is 78.8 Å². The van der Waals surface area contributed by atoms with Crippen LogP contribution in [0.5, 0.6) is 11.5 Å². The van der Waals surface area contributed by atoms with Crippen molar-refractivity contribution in [1.29, 1.82) is 0 Å². The Labute approximate surface area is 238 Å². The molecule has 0 aromatic heterocycles. The van der Waals surface area contributed by atoms with Gasteiger partial charge in [-0.3, -0.25) is 4.72 Å². The molecule has 0 bridgehead atoms. The summed E-state index contributed by atoms with van der Waals surface area (Å²) in [6, 6.07) is 12.1. The molecule has 14 heteroatoms. The van der Waals surface area contributed by atoms with E-state index in [2.05, 4.69) is 10.0 Å². The summed E-state index contributed by atoms with van der Waals surface area (Å²) in [7, 11) is -7.70. The summed E-state index contributed by atoms with van der Waals surface area (Å²) in [6.07, 6.45) is -0.768. The number of hydrogen-bond acceptors (Lipinski definition) is 7. The first-order valence-corrected chi connectivity index (χ1v) is 16.1. The minimum absolute atomic E-state index is 0.0439. The van der Waals surface area contributed by atoms with Crippen LogP contribution in [0.1, 0.15) is 26.2 Å². The maximum absolute atomic E-state index is 14.9. The third-order valence-corrected chi connectivity index (χ3v) is 11.2. The molecule has 2 aliphatic rings. The van der Waals surface area contributed by atoms with Crippen molar-refractivity contribution in [3.05, 3.63) is 69.8 Å². The number of aliphatic hydroxyl groups is 1. The third kappa shape index (κ3) is 5.38. The highest BCUT2D eigenvalue weighted by Crippen LogP contribution is 2.57. The van der Waals surface area contributed by atoms with Gasteiger partial charge in [0.05, 0.1) is 27.6 Å². The van der Waals surface area contributed by atoms with E-state index in [1.54, 1.807) is 6.07 Å². The molecule has 1 saturated heterocycles. The number of nitrogens with zero attached hydrogens (tertiary/aromatic N) is 1. The SMILES string of the molecule is CCS(=O)(=O)Nc1cccc(Oc2cc(F)cc(Nc3ccc(I)cc3F)c2N2C(O)CC3(CC3)S2(=O)=O)c1. The number of anilines is 4. The zero-order valence-corrected chi connectivity index (χ0v) is 24.3. The molecule has 1 heterocycles. The van der Waals surface area contributed by atoms with E-state index < -0.39 is 42.7 Å². The zero-order valence-electron chi connectivity index (χ0n) is 20.5. The second-order valence-corrected chi connectivity index (χ2v) is 14.8. The molecule has 1 aliphatic heterocycles. The van der Waals surface area contributed by atoms with Gasteiger partial charge in [0, 0.05) is 22.1 Å². The quantitative estimate of drug-likeness (QED) is 0.276. The van der Waals surface area contributed by atoms with E-state index in [-0.39, 0.29) is 46.4 Å². The van der Waals surface area contributed by atoms with Gasteiger partial charge >= 0.3 is 0 Å². The highest BCUT2D eigenvalue weighted by molar-refractivity contribution is 14.1. The van der Waals surface area contributed by atoms with Crippen molar-refractivity contribution in [2.45, 2.75) is 37.2 Å². The number of halogens is 3. The summed E-state index contributed by atoms with van der Waals surface area (Å²) in [5.41, 5.74) is -0.216. The summed E-state index contributed by atoms with van der Waals surface area (Å²) in [6.45, 7) is 1.47. The first-order valence-electron chi connectivity index (χ1n) is 11.9. The lowest BCUT2D eigenvalue weighted by Crippen LogP contribution is -2.35. The molecule has 3 aromatic rings. The maximum atomic E-state index is 14.9. The molecule has 9 nitrogen and oxygen atoms in total. The van der Waals surface area contributed by atoms with E-state index >= 15 is 0 Å². The molecule has 1 unspecified atom stereocenters. The highest BCUT2D eigenvalue weighted by atomic mass is 127. The predicted molar refractivity (Wildman–Crippen MR) is 152 cm³/mol. The number of ether oxygens (including phenoxy) is 1. The number of rotatable bonds is 8. The first kappa shape index (κ1) is 27.9. The molecule has 1 saturated carbocycles. The van der Waals surface area contributed by atoms with E-state index in [0.717, 1.165) is 16.4 Å². The van der Waals surface area contributed by atoms with Gasteiger partial charge in [0.2, 0.25) is 20.0 Å². The predicted octanol–water partition coefficient (Wildman–Crippen LogP) is 5.26. The topological polar surface area (TPSA) is 125 Å². The summed E-state index contributed by atoms with van der Waals surface area (Å²) in [5.74, 6) is -1.85. The van der Waals surface area contributed by atoms with E-state index in [1.807, 2.05) is 22.6 Å². The van der Waals surface area contributed by atoms with Gasteiger partial charge in [-0.15, -0.1) is 0 Å². The summed E-state index contributed by atoms with van der Waals surface area (Å²) < 4.78 is 89.4. The summed E-state index contributed by atoms with van der Waals surface area (Å²) >= 11 is 1.93. The fraction of sp³-hybridized carbons (Fsp3) is 0.280. The van der Waals surface area contributed by atoms with Gasteiger partial charge in [-0.1, -0.05) is 6.07 Å². The lowest BCUT2D eigenvalue weighted by Gasteiger charge is -2.27. The fourth-order valence-corrected chi connectivity index (χ4v) is 7.77. The van der Waals surface area contributed by atoms with Crippen molar-refractivity contribution in [3.8, 4) is 11.5 Å². The van der Waals surface area contributed by atoms with Gasteiger partial charge in [0.15, 0.2) is 5.75 Å². The lowest BCUT2D eigenvalue weighted by molar-refractivity contribution is 0.184. The average Bonchev–Trinajstić information content (AvgIpc) is 3.60. The number of hydrogen-bond donors (Lipinski definition) is 3. The number of benzene rings is 3. The van der Waals surface area contributed by atoms with E-state index in [1.165, 1.54) is 43.3 Å². The second-order valence-electron chi connectivity index (χ2n) is 9.35. The molecule has 1 aliphatic carbocycles. The number of nitrogens with one attached hydrogen (secondary N) is 2. The van der Waals surface area contributed by atoms with Crippen molar-refractivity contribution in [2.75, 3.05) is 20.1 Å². The normalized spacial score (nSPS) is 19.2. The van der Waals surface area contributed by atoms with E-state index in [0.29, 0.717) is 16.4 Å². The molecule has 1 spiro atoms. The van der Waals surface area contributed by atoms with Crippen molar-refractivity contribution < 1.29 is 35.5 Å². The lowest BCUT2D eigenvalue weighted by atomic mass is 10.2. The second kappa shape index (κ2) is 10.1. The zero-order chi connectivity index (χ0) is 28.2. The molecular weight excluding hydrogens is 667 g/mol. The molecule has 0 radical (unpaired) electrons. The van der Waals surface area contributed by atoms with E-state index in [4.69, 9.17) is 4.74 Å². The summed E-state index contributed by atoms with van der Waals surface area (Å²) in [4.78, 5) is 0. The highest BCUT2D eigenvalue weighted by Gasteiger charge is 2.65. The Bertz CT molecular complexity index is 1670. The monoisotopic (exact) mass is 691 g/mol. The Morgan fingerprint density at radius 3 is 2.51 bits per heavy atom. The van der Waals surface area contributed by atoms with Gasteiger partial charge in [0.25, 0.3) is 0 Å². The van der Waals surface area contributed by atoms with Gasteiger partial charge in [-0.2, -0.15) is 0 Å². The van der Waals surface area contributed by atoms with Crippen LogP contribution >= 0.6 is 22.6 Å². The Morgan fingerprint density at radius 1 is 1.13 bits per heavy atom. The van der Waals surface area contributed by atoms with Crippen LogP contribution < -0.4 is 19.1 Å². The standard InChI is InChI=1S/C25H24F2IN3O6S2/c1-2-38(33,34)30-17-4-3-5-18(13-17)37-22-11-15(26)10-21(29-20-7-6-16(28)12-19(20)27)24(22)31-23(32)14-25(8-9-25)39(31,35)36/h3-7,10-13,23,29-30,32H,2,8-9,14H2,1H3.